The minimum atomic E-state index is -0.871. The molecule has 0 saturated heterocycles. The first-order valence-corrected chi connectivity index (χ1v) is 25.9. The lowest BCUT2D eigenvalue weighted by molar-refractivity contribution is -0.0203. The molecule has 1 N–H and O–H groups in total. The van der Waals surface area contributed by atoms with Gasteiger partial charge in [-0.2, -0.15) is 0 Å². The summed E-state index contributed by atoms with van der Waals surface area (Å²) in [5.74, 6) is 0. The number of unbranched alkanes of at least 4 members (excludes halogenated alkanes) is 8. The molecular weight excluding hydrogens is 853 g/mol. The summed E-state index contributed by atoms with van der Waals surface area (Å²) in [7, 11) is 0. The van der Waals surface area contributed by atoms with E-state index in [1.807, 2.05) is 0 Å². The van der Waals surface area contributed by atoms with Crippen LogP contribution >= 0.6 is 0 Å². The fraction of sp³-hybridized carbons (Fsp3) is 0.273. The van der Waals surface area contributed by atoms with E-state index in [1.54, 1.807) is 0 Å². The van der Waals surface area contributed by atoms with Gasteiger partial charge in [0.25, 0.3) is 0 Å². The van der Waals surface area contributed by atoms with Crippen LogP contribution in [0, 0.1) is 0 Å². The summed E-state index contributed by atoms with van der Waals surface area (Å²) in [6.45, 7) is 4.69. The zero-order chi connectivity index (χ0) is 47.8. The van der Waals surface area contributed by atoms with E-state index in [9.17, 15) is 0 Å². The van der Waals surface area contributed by atoms with Crippen LogP contribution in [-0.4, -0.2) is 37.3 Å². The van der Waals surface area contributed by atoms with Crippen LogP contribution in [0.1, 0.15) is 102 Å². The topological polar surface area (TPSA) is 33.7 Å². The monoisotopic (exact) mass is 925 g/mol. The van der Waals surface area contributed by atoms with Crippen molar-refractivity contribution in [1.82, 2.24) is 10.2 Å². The fourth-order valence-electron chi connectivity index (χ4n) is 10.1. The summed E-state index contributed by atoms with van der Waals surface area (Å²) in [5.41, 5.74) is 7.92. The molecule has 0 aliphatic carbocycles. The van der Waals surface area contributed by atoms with Gasteiger partial charge in [-0.15, -0.1) is 0 Å². The Morgan fingerprint density at radius 1 is 0.343 bits per heavy atom. The SMILES string of the molecule is c1ccc(CN(CCCCCCCCCCCOCC(COC(c2ccccc2)(c2ccccc2)c2ccccc2)NC(c2ccccc2)(c2ccccc2)c2ccccc2)Cc2ccccc2)cc1. The average Bonchev–Trinajstić information content (AvgIpc) is 3.43. The molecule has 1 unspecified atom stereocenters. The van der Waals surface area contributed by atoms with Crippen LogP contribution in [0.15, 0.2) is 243 Å². The summed E-state index contributed by atoms with van der Waals surface area (Å²) >= 11 is 0. The van der Waals surface area contributed by atoms with Crippen LogP contribution in [-0.2, 0) is 33.7 Å². The van der Waals surface area contributed by atoms with Crippen molar-refractivity contribution in [2.45, 2.75) is 88.1 Å². The maximum atomic E-state index is 7.58. The first kappa shape index (κ1) is 50.0. The zero-order valence-corrected chi connectivity index (χ0v) is 41.0. The van der Waals surface area contributed by atoms with Gasteiger partial charge in [-0.1, -0.05) is 288 Å². The van der Waals surface area contributed by atoms with Gasteiger partial charge in [-0.25, -0.2) is 0 Å². The third-order valence-electron chi connectivity index (χ3n) is 13.7. The van der Waals surface area contributed by atoms with E-state index >= 15 is 0 Å². The summed E-state index contributed by atoms with van der Waals surface area (Å²) in [6.07, 6.45) is 11.2. The molecule has 0 saturated carbocycles. The minimum absolute atomic E-state index is 0.208. The molecule has 358 valence electrons. The Kier molecular flexibility index (Phi) is 19.4. The predicted octanol–water partition coefficient (Wildman–Crippen LogP) is 15.2. The first-order valence-electron chi connectivity index (χ1n) is 25.9. The highest BCUT2D eigenvalue weighted by Gasteiger charge is 2.41. The molecular formula is C66H72N2O2. The molecule has 8 rings (SSSR count). The normalized spacial score (nSPS) is 12.2. The van der Waals surface area contributed by atoms with Crippen LogP contribution in [0.5, 0.6) is 0 Å². The molecule has 0 aliphatic heterocycles. The third-order valence-corrected chi connectivity index (χ3v) is 13.7. The molecule has 0 amide bonds. The lowest BCUT2D eigenvalue weighted by Crippen LogP contribution is -2.54. The van der Waals surface area contributed by atoms with Crippen molar-refractivity contribution in [2.75, 3.05) is 26.4 Å². The lowest BCUT2D eigenvalue weighted by Gasteiger charge is -2.42. The quantitative estimate of drug-likeness (QED) is 0.0375. The highest BCUT2D eigenvalue weighted by atomic mass is 16.5. The second-order valence-electron chi connectivity index (χ2n) is 18.7. The van der Waals surface area contributed by atoms with Crippen LogP contribution in [0.3, 0.4) is 0 Å². The van der Waals surface area contributed by atoms with Crippen molar-refractivity contribution in [3.05, 3.63) is 287 Å². The number of ether oxygens (including phenoxy) is 2. The first-order chi connectivity index (χ1) is 34.7. The molecule has 0 aromatic heterocycles. The summed E-state index contributed by atoms with van der Waals surface area (Å²) in [6, 6.07) is 86.2. The van der Waals surface area contributed by atoms with Gasteiger partial charge >= 0.3 is 0 Å². The van der Waals surface area contributed by atoms with Gasteiger partial charge in [-0.05, 0) is 63.9 Å². The molecule has 70 heavy (non-hydrogen) atoms. The number of rotatable bonds is 29. The second-order valence-corrected chi connectivity index (χ2v) is 18.7. The van der Waals surface area contributed by atoms with E-state index in [4.69, 9.17) is 9.47 Å². The number of nitrogens with one attached hydrogen (secondary N) is 1. The predicted molar refractivity (Wildman–Crippen MR) is 291 cm³/mol. The van der Waals surface area contributed by atoms with Crippen molar-refractivity contribution >= 4 is 0 Å². The Bertz CT molecular complexity index is 2360. The average molecular weight is 925 g/mol. The molecule has 0 heterocycles. The van der Waals surface area contributed by atoms with Crippen molar-refractivity contribution in [3.63, 3.8) is 0 Å². The Hall–Kier alpha value is -6.40. The van der Waals surface area contributed by atoms with E-state index in [-0.39, 0.29) is 6.04 Å². The molecule has 0 fully saturated rings. The number of nitrogens with zero attached hydrogens (tertiary/aromatic N) is 1. The maximum absolute atomic E-state index is 7.58. The third kappa shape index (κ3) is 13.7. The fourth-order valence-corrected chi connectivity index (χ4v) is 10.1. The van der Waals surface area contributed by atoms with Crippen molar-refractivity contribution in [1.29, 1.82) is 0 Å². The summed E-state index contributed by atoms with van der Waals surface area (Å²) < 4.78 is 14.3. The van der Waals surface area contributed by atoms with Crippen LogP contribution in [0.25, 0.3) is 0 Å². The molecule has 8 aromatic rings. The molecule has 0 radical (unpaired) electrons. The highest BCUT2D eigenvalue weighted by molar-refractivity contribution is 5.50. The molecule has 0 aliphatic rings. The van der Waals surface area contributed by atoms with E-state index in [2.05, 4.69) is 253 Å². The lowest BCUT2D eigenvalue weighted by atomic mass is 9.76. The largest absolute Gasteiger partial charge is 0.380 e. The molecule has 8 aromatic carbocycles. The highest BCUT2D eigenvalue weighted by Crippen LogP contribution is 2.42. The Morgan fingerprint density at radius 2 is 0.657 bits per heavy atom. The van der Waals surface area contributed by atoms with E-state index in [0.717, 1.165) is 59.4 Å². The van der Waals surface area contributed by atoms with Gasteiger partial charge in [0, 0.05) is 19.7 Å². The molecule has 1 atom stereocenters. The second kappa shape index (κ2) is 27.1. The molecule has 0 bridgehead atoms. The number of benzene rings is 8. The Morgan fingerprint density at radius 3 is 1.03 bits per heavy atom. The van der Waals surface area contributed by atoms with Gasteiger partial charge in [0.05, 0.1) is 24.8 Å². The minimum Gasteiger partial charge on any atom is -0.380 e. The molecule has 4 heteroatoms. The van der Waals surface area contributed by atoms with Gasteiger partial charge in [0.15, 0.2) is 0 Å². The van der Waals surface area contributed by atoms with Crippen molar-refractivity contribution < 1.29 is 9.47 Å². The van der Waals surface area contributed by atoms with Gasteiger partial charge in [0.1, 0.15) is 5.60 Å². The van der Waals surface area contributed by atoms with E-state index in [1.165, 1.54) is 62.5 Å². The van der Waals surface area contributed by atoms with Crippen LogP contribution < -0.4 is 5.32 Å². The standard InChI is InChI=1S/C66H72N2O2/c1(2-4-6-32-50-68(52-56-34-16-8-17-35-56)53-57-36-18-9-19-37-57)3-5-7-33-51-69-54-64(67-65(58-38-20-10-21-39-58,59-40-22-11-23-41-59)60-42-24-12-25-43-60)55-70-66(61-44-26-13-27-45-61,62-46-28-14-29-47-62)63-48-30-15-31-49-63/h8-31,34-49,64,67H,1-7,32-33,50-55H2. The van der Waals surface area contributed by atoms with Crippen LogP contribution in [0.4, 0.5) is 0 Å². The number of hydrogen-bond donors (Lipinski definition) is 1. The van der Waals surface area contributed by atoms with Crippen LogP contribution in [0.2, 0.25) is 0 Å². The zero-order valence-electron chi connectivity index (χ0n) is 41.0. The summed E-state index contributed by atoms with van der Waals surface area (Å²) in [5, 5.41) is 4.26. The van der Waals surface area contributed by atoms with Gasteiger partial charge in [-0.3, -0.25) is 10.2 Å². The van der Waals surface area contributed by atoms with Crippen molar-refractivity contribution in [3.8, 4) is 0 Å². The molecule has 0 spiro atoms. The Labute approximate surface area is 419 Å². The summed E-state index contributed by atoms with van der Waals surface area (Å²) in [4.78, 5) is 2.61. The van der Waals surface area contributed by atoms with E-state index < -0.39 is 11.1 Å². The van der Waals surface area contributed by atoms with Gasteiger partial charge < -0.3 is 9.47 Å². The van der Waals surface area contributed by atoms with Crippen molar-refractivity contribution in [2.24, 2.45) is 0 Å². The maximum Gasteiger partial charge on any atom is 0.143 e. The number of hydrogen-bond acceptors (Lipinski definition) is 4. The van der Waals surface area contributed by atoms with E-state index in [0.29, 0.717) is 19.8 Å². The smallest absolute Gasteiger partial charge is 0.143 e. The van der Waals surface area contributed by atoms with Gasteiger partial charge in [0.2, 0.25) is 0 Å². The molecule has 4 nitrogen and oxygen atoms in total. The Balaban J connectivity index is 0.916.